The molecule has 6 heteroatoms. The van der Waals surface area contributed by atoms with Crippen molar-refractivity contribution in [3.8, 4) is 0 Å². The molecular formula is C12H21NO4S. The van der Waals surface area contributed by atoms with Gasteiger partial charge in [-0.3, -0.25) is 4.79 Å². The fraction of sp³-hybridized carbons (Fsp3) is 0.917. The van der Waals surface area contributed by atoms with Crippen molar-refractivity contribution < 1.29 is 18.3 Å². The van der Waals surface area contributed by atoms with Gasteiger partial charge >= 0.3 is 5.97 Å². The highest BCUT2D eigenvalue weighted by atomic mass is 32.2. The maximum atomic E-state index is 12.1. The number of rotatable bonds is 3. The van der Waals surface area contributed by atoms with Crippen molar-refractivity contribution in [2.45, 2.75) is 46.1 Å². The lowest BCUT2D eigenvalue weighted by molar-refractivity contribution is -0.134. The van der Waals surface area contributed by atoms with E-state index in [1.165, 1.54) is 4.31 Å². The van der Waals surface area contributed by atoms with Gasteiger partial charge in [0.25, 0.3) is 0 Å². The third-order valence-corrected chi connectivity index (χ3v) is 5.78. The topological polar surface area (TPSA) is 74.7 Å². The summed E-state index contributed by atoms with van der Waals surface area (Å²) in [5, 5.41) is 8.71. The Hall–Kier alpha value is -0.620. The van der Waals surface area contributed by atoms with Gasteiger partial charge in [-0.25, -0.2) is 8.42 Å². The van der Waals surface area contributed by atoms with Crippen molar-refractivity contribution >= 4 is 16.0 Å². The molecule has 2 atom stereocenters. The minimum absolute atomic E-state index is 0.00199. The first-order valence-corrected chi connectivity index (χ1v) is 7.85. The number of aliphatic carboxylic acids is 1. The first kappa shape index (κ1) is 13.8. The molecule has 0 aromatic heterocycles. The highest BCUT2D eigenvalue weighted by molar-refractivity contribution is 7.89. The fourth-order valence-electron chi connectivity index (χ4n) is 3.97. The Labute approximate surface area is 108 Å². The van der Waals surface area contributed by atoms with Crippen LogP contribution in [0.3, 0.4) is 0 Å². The third kappa shape index (κ3) is 2.54. The third-order valence-electron chi connectivity index (χ3n) is 4.03. The Bertz CT molecular complexity index is 470. The van der Waals surface area contributed by atoms with Crippen LogP contribution < -0.4 is 0 Å². The van der Waals surface area contributed by atoms with Crippen LogP contribution in [0.25, 0.3) is 0 Å². The predicted octanol–water partition coefficient (Wildman–Crippen LogP) is 1.30. The van der Waals surface area contributed by atoms with E-state index in [1.54, 1.807) is 0 Å². The van der Waals surface area contributed by atoms with Crippen LogP contribution in [-0.2, 0) is 14.8 Å². The molecule has 1 N–H and O–H groups in total. The van der Waals surface area contributed by atoms with Crippen molar-refractivity contribution in [1.29, 1.82) is 0 Å². The molecular weight excluding hydrogens is 254 g/mol. The Morgan fingerprint density at radius 2 is 1.94 bits per heavy atom. The van der Waals surface area contributed by atoms with Gasteiger partial charge in [-0.05, 0) is 30.1 Å². The lowest BCUT2D eigenvalue weighted by Gasteiger charge is -2.39. The van der Waals surface area contributed by atoms with Crippen LogP contribution in [0.1, 0.15) is 40.0 Å². The van der Waals surface area contributed by atoms with E-state index in [-0.39, 0.29) is 16.9 Å². The van der Waals surface area contributed by atoms with Crippen molar-refractivity contribution in [2.75, 3.05) is 12.3 Å². The SMILES string of the molecule is CC1(C)CC2CC(C)(CN2S(=O)(=O)CC(=O)O)C1. The minimum atomic E-state index is -3.67. The molecule has 1 saturated heterocycles. The summed E-state index contributed by atoms with van der Waals surface area (Å²) in [6.07, 6.45) is 2.67. The predicted molar refractivity (Wildman–Crippen MR) is 67.7 cm³/mol. The molecule has 2 fully saturated rings. The molecule has 0 radical (unpaired) electrons. The maximum absolute atomic E-state index is 12.1. The highest BCUT2D eigenvalue weighted by Gasteiger charge is 2.53. The largest absolute Gasteiger partial charge is 0.480 e. The Kier molecular flexibility index (Phi) is 3.02. The molecule has 2 unspecified atom stereocenters. The van der Waals surface area contributed by atoms with Gasteiger partial charge in [0.2, 0.25) is 10.0 Å². The van der Waals surface area contributed by atoms with E-state index < -0.39 is 21.7 Å². The molecule has 0 aromatic rings. The van der Waals surface area contributed by atoms with E-state index in [0.29, 0.717) is 6.54 Å². The van der Waals surface area contributed by atoms with Crippen molar-refractivity contribution in [2.24, 2.45) is 10.8 Å². The van der Waals surface area contributed by atoms with E-state index in [0.717, 1.165) is 19.3 Å². The van der Waals surface area contributed by atoms with Gasteiger partial charge in [0.05, 0.1) is 0 Å². The van der Waals surface area contributed by atoms with Crippen LogP contribution in [0, 0.1) is 10.8 Å². The monoisotopic (exact) mass is 275 g/mol. The van der Waals surface area contributed by atoms with E-state index >= 15 is 0 Å². The summed E-state index contributed by atoms with van der Waals surface area (Å²) in [5.41, 5.74) is 0.128. The van der Waals surface area contributed by atoms with Gasteiger partial charge in [0.15, 0.2) is 5.75 Å². The normalized spacial score (nSPS) is 35.6. The second kappa shape index (κ2) is 3.93. The molecule has 104 valence electrons. The zero-order chi connectivity index (χ0) is 13.8. The number of fused-ring (bicyclic) bond motifs is 2. The number of nitrogens with zero attached hydrogens (tertiary/aromatic N) is 1. The second-order valence-electron chi connectivity index (χ2n) is 6.91. The van der Waals surface area contributed by atoms with Crippen LogP contribution in [0.15, 0.2) is 0 Å². The van der Waals surface area contributed by atoms with Crippen molar-refractivity contribution in [3.63, 3.8) is 0 Å². The van der Waals surface area contributed by atoms with Crippen LogP contribution in [-0.4, -0.2) is 42.1 Å². The zero-order valence-corrected chi connectivity index (χ0v) is 12.0. The quantitative estimate of drug-likeness (QED) is 0.842. The van der Waals surface area contributed by atoms with E-state index in [1.807, 2.05) is 0 Å². The van der Waals surface area contributed by atoms with Gasteiger partial charge in [-0.1, -0.05) is 20.8 Å². The van der Waals surface area contributed by atoms with Crippen LogP contribution in [0.5, 0.6) is 0 Å². The maximum Gasteiger partial charge on any atom is 0.320 e. The number of hydrogen-bond acceptors (Lipinski definition) is 3. The van der Waals surface area contributed by atoms with E-state index in [9.17, 15) is 13.2 Å². The van der Waals surface area contributed by atoms with Gasteiger partial charge in [0.1, 0.15) is 0 Å². The number of carboxylic acids is 1. The molecule has 0 amide bonds. The smallest absolute Gasteiger partial charge is 0.320 e. The first-order valence-electron chi connectivity index (χ1n) is 6.24. The standard InChI is InChI=1S/C12H21NO4S/c1-11(2)4-9-5-12(3,7-11)8-13(9)18(16,17)6-10(14)15/h9H,4-8H2,1-3H3,(H,14,15). The first-order chi connectivity index (χ1) is 8.03. The van der Waals surface area contributed by atoms with Gasteiger partial charge in [0, 0.05) is 12.6 Å². The molecule has 2 aliphatic rings. The summed E-state index contributed by atoms with van der Waals surface area (Å²) in [4.78, 5) is 10.7. The van der Waals surface area contributed by atoms with Crippen molar-refractivity contribution in [1.82, 2.24) is 4.31 Å². The summed E-state index contributed by atoms with van der Waals surface area (Å²) in [7, 11) is -3.67. The minimum Gasteiger partial charge on any atom is -0.480 e. The zero-order valence-electron chi connectivity index (χ0n) is 11.1. The van der Waals surface area contributed by atoms with Gasteiger partial charge < -0.3 is 5.11 Å². The number of carbonyl (C=O) groups is 1. The van der Waals surface area contributed by atoms with E-state index in [2.05, 4.69) is 20.8 Å². The second-order valence-corrected chi connectivity index (χ2v) is 8.83. The summed E-state index contributed by atoms with van der Waals surface area (Å²) in [6, 6.07) is -0.0249. The molecule has 1 aliphatic carbocycles. The van der Waals surface area contributed by atoms with Crippen LogP contribution in [0.4, 0.5) is 0 Å². The summed E-state index contributed by atoms with van der Waals surface area (Å²) < 4.78 is 25.6. The molecule has 2 bridgehead atoms. The van der Waals surface area contributed by atoms with Gasteiger partial charge in [-0.2, -0.15) is 4.31 Å². The molecule has 1 saturated carbocycles. The molecule has 1 heterocycles. The average Bonchev–Trinajstić information content (AvgIpc) is 2.32. The Balaban J connectivity index is 2.26. The summed E-state index contributed by atoms with van der Waals surface area (Å²) in [6.45, 7) is 6.89. The van der Waals surface area contributed by atoms with Crippen LogP contribution >= 0.6 is 0 Å². The lowest BCUT2D eigenvalue weighted by Crippen LogP contribution is -2.40. The fourth-order valence-corrected chi connectivity index (χ4v) is 5.56. The van der Waals surface area contributed by atoms with Crippen molar-refractivity contribution in [3.05, 3.63) is 0 Å². The molecule has 5 nitrogen and oxygen atoms in total. The number of hydrogen-bond donors (Lipinski definition) is 1. The Morgan fingerprint density at radius 1 is 1.33 bits per heavy atom. The molecule has 2 rings (SSSR count). The summed E-state index contributed by atoms with van der Waals surface area (Å²) in [5.74, 6) is -2.07. The molecule has 0 aromatic carbocycles. The highest BCUT2D eigenvalue weighted by Crippen LogP contribution is 2.53. The van der Waals surface area contributed by atoms with E-state index in [4.69, 9.17) is 5.11 Å². The number of sulfonamides is 1. The lowest BCUT2D eigenvalue weighted by atomic mass is 9.65. The molecule has 0 spiro atoms. The summed E-state index contributed by atoms with van der Waals surface area (Å²) >= 11 is 0. The molecule has 18 heavy (non-hydrogen) atoms. The van der Waals surface area contributed by atoms with Gasteiger partial charge in [-0.15, -0.1) is 0 Å². The number of carboxylic acid groups (broad SMARTS) is 1. The Morgan fingerprint density at radius 3 is 2.50 bits per heavy atom. The average molecular weight is 275 g/mol. The molecule has 1 aliphatic heterocycles. The van der Waals surface area contributed by atoms with Crippen LogP contribution in [0.2, 0.25) is 0 Å².